The van der Waals surface area contributed by atoms with E-state index < -0.39 is 0 Å². The maximum absolute atomic E-state index is 11.3. The second-order valence-electron chi connectivity index (χ2n) is 5.08. The average Bonchev–Trinajstić information content (AvgIpc) is 3.29. The number of carbonyl (C=O) groups excluding carboxylic acids is 1. The van der Waals surface area contributed by atoms with Gasteiger partial charge in [0, 0.05) is 17.7 Å². The van der Waals surface area contributed by atoms with Gasteiger partial charge < -0.3 is 4.74 Å². The van der Waals surface area contributed by atoms with Crippen molar-refractivity contribution >= 4 is 22.9 Å². The highest BCUT2D eigenvalue weighted by Gasteiger charge is 2.23. The third-order valence-electron chi connectivity index (χ3n) is 3.48. The van der Waals surface area contributed by atoms with Gasteiger partial charge >= 0.3 is 5.97 Å². The summed E-state index contributed by atoms with van der Waals surface area (Å²) in [5.41, 5.74) is 3.25. The third-order valence-corrected chi connectivity index (χ3v) is 3.48. The molecule has 3 nitrogen and oxygen atoms in total. The average molecular weight is 267 g/mol. The molecule has 0 N–H and O–H groups in total. The SMILES string of the molecule is CCOC(=O)/C=C/c1ccc2cc(C3CC3)cnc2c1. The molecule has 1 heterocycles. The predicted octanol–water partition coefficient (Wildman–Crippen LogP) is 3.69. The molecule has 0 amide bonds. The Morgan fingerprint density at radius 3 is 3.00 bits per heavy atom. The van der Waals surface area contributed by atoms with Crippen molar-refractivity contribution in [3.8, 4) is 0 Å². The van der Waals surface area contributed by atoms with Gasteiger partial charge in [0.1, 0.15) is 0 Å². The van der Waals surface area contributed by atoms with Crippen molar-refractivity contribution in [2.75, 3.05) is 6.61 Å². The van der Waals surface area contributed by atoms with Gasteiger partial charge in [0.2, 0.25) is 0 Å². The Labute approximate surface area is 118 Å². The number of benzene rings is 1. The van der Waals surface area contributed by atoms with Gasteiger partial charge in [0.05, 0.1) is 12.1 Å². The third kappa shape index (κ3) is 2.87. The van der Waals surface area contributed by atoms with Crippen molar-refractivity contribution in [2.45, 2.75) is 25.7 Å². The number of hydrogen-bond donors (Lipinski definition) is 0. The molecule has 0 saturated heterocycles. The van der Waals surface area contributed by atoms with E-state index in [2.05, 4.69) is 17.1 Å². The second kappa shape index (κ2) is 5.45. The topological polar surface area (TPSA) is 39.2 Å². The Hall–Kier alpha value is -2.16. The van der Waals surface area contributed by atoms with E-state index in [0.29, 0.717) is 6.61 Å². The molecule has 0 spiro atoms. The van der Waals surface area contributed by atoms with Gasteiger partial charge in [-0.15, -0.1) is 0 Å². The first kappa shape index (κ1) is 12.9. The van der Waals surface area contributed by atoms with E-state index in [-0.39, 0.29) is 5.97 Å². The summed E-state index contributed by atoms with van der Waals surface area (Å²) in [6.07, 6.45) is 7.75. The van der Waals surface area contributed by atoms with Crippen molar-refractivity contribution in [2.24, 2.45) is 0 Å². The van der Waals surface area contributed by atoms with Crippen LogP contribution in [0, 0.1) is 0 Å². The first-order valence-corrected chi connectivity index (χ1v) is 7.01. The molecular weight excluding hydrogens is 250 g/mol. The molecule has 102 valence electrons. The molecule has 3 rings (SSSR count). The molecule has 0 atom stereocenters. The fourth-order valence-electron chi connectivity index (χ4n) is 2.25. The van der Waals surface area contributed by atoms with E-state index in [0.717, 1.165) is 22.4 Å². The summed E-state index contributed by atoms with van der Waals surface area (Å²) in [6, 6.07) is 8.26. The molecule has 1 aromatic carbocycles. The van der Waals surface area contributed by atoms with Crippen LogP contribution < -0.4 is 0 Å². The molecule has 1 aromatic heterocycles. The zero-order valence-electron chi connectivity index (χ0n) is 11.5. The lowest BCUT2D eigenvalue weighted by molar-refractivity contribution is -0.137. The van der Waals surface area contributed by atoms with Crippen molar-refractivity contribution in [1.29, 1.82) is 0 Å². The number of nitrogens with zero attached hydrogens (tertiary/aromatic N) is 1. The van der Waals surface area contributed by atoms with Crippen LogP contribution in [0.1, 0.15) is 36.8 Å². The highest BCUT2D eigenvalue weighted by molar-refractivity contribution is 5.88. The molecule has 0 radical (unpaired) electrons. The summed E-state index contributed by atoms with van der Waals surface area (Å²) < 4.78 is 4.86. The Bertz CT molecular complexity index is 672. The van der Waals surface area contributed by atoms with Crippen LogP contribution in [0.25, 0.3) is 17.0 Å². The molecule has 3 heteroatoms. The van der Waals surface area contributed by atoms with Crippen LogP contribution in [-0.2, 0) is 9.53 Å². The Morgan fingerprint density at radius 2 is 2.25 bits per heavy atom. The Morgan fingerprint density at radius 1 is 1.40 bits per heavy atom. The summed E-state index contributed by atoms with van der Waals surface area (Å²) in [5, 5.41) is 1.16. The number of carbonyl (C=O) groups is 1. The number of ether oxygens (including phenoxy) is 1. The summed E-state index contributed by atoms with van der Waals surface area (Å²) in [4.78, 5) is 15.8. The first-order valence-electron chi connectivity index (χ1n) is 7.01. The van der Waals surface area contributed by atoms with Gasteiger partial charge in [-0.1, -0.05) is 12.1 Å². The van der Waals surface area contributed by atoms with Crippen LogP contribution in [0.2, 0.25) is 0 Å². The number of aromatic nitrogens is 1. The Balaban J connectivity index is 1.83. The Kier molecular flexibility index (Phi) is 3.50. The van der Waals surface area contributed by atoms with Crippen molar-refractivity contribution < 1.29 is 9.53 Å². The quantitative estimate of drug-likeness (QED) is 0.626. The first-order chi connectivity index (χ1) is 9.76. The van der Waals surface area contributed by atoms with Gasteiger partial charge in [0.25, 0.3) is 0 Å². The molecule has 1 fully saturated rings. The van der Waals surface area contributed by atoms with Gasteiger partial charge in [0.15, 0.2) is 0 Å². The van der Waals surface area contributed by atoms with Crippen molar-refractivity contribution in [3.63, 3.8) is 0 Å². The molecule has 1 aliphatic carbocycles. The lowest BCUT2D eigenvalue weighted by Crippen LogP contribution is -1.98. The lowest BCUT2D eigenvalue weighted by atomic mass is 10.1. The molecule has 20 heavy (non-hydrogen) atoms. The smallest absolute Gasteiger partial charge is 0.330 e. The summed E-state index contributed by atoms with van der Waals surface area (Å²) in [7, 11) is 0. The fraction of sp³-hybridized carbons (Fsp3) is 0.294. The minimum absolute atomic E-state index is 0.315. The molecule has 1 aliphatic rings. The standard InChI is InChI=1S/C17H17NO2/c1-2-20-17(19)8-4-12-3-5-14-10-15(13-6-7-13)11-18-16(14)9-12/h3-5,8-11,13H,2,6-7H2,1H3/b8-4+. The number of hydrogen-bond acceptors (Lipinski definition) is 3. The van der Waals surface area contributed by atoms with Gasteiger partial charge in [-0.25, -0.2) is 4.79 Å². The van der Waals surface area contributed by atoms with E-state index in [9.17, 15) is 4.79 Å². The molecule has 0 unspecified atom stereocenters. The molecule has 0 aliphatic heterocycles. The van der Waals surface area contributed by atoms with Crippen molar-refractivity contribution in [3.05, 3.63) is 47.7 Å². The van der Waals surface area contributed by atoms with E-state index in [1.54, 1.807) is 13.0 Å². The van der Waals surface area contributed by atoms with Crippen LogP contribution >= 0.6 is 0 Å². The minimum atomic E-state index is -0.315. The van der Waals surface area contributed by atoms with E-state index >= 15 is 0 Å². The number of rotatable bonds is 4. The van der Waals surface area contributed by atoms with Gasteiger partial charge in [-0.05, 0) is 55.0 Å². The van der Waals surface area contributed by atoms with Crippen LogP contribution in [-0.4, -0.2) is 17.6 Å². The van der Waals surface area contributed by atoms with Crippen LogP contribution in [0.5, 0.6) is 0 Å². The zero-order chi connectivity index (χ0) is 13.9. The summed E-state index contributed by atoms with van der Waals surface area (Å²) >= 11 is 0. The van der Waals surface area contributed by atoms with Crippen LogP contribution in [0.15, 0.2) is 36.5 Å². The highest BCUT2D eigenvalue weighted by Crippen LogP contribution is 2.40. The summed E-state index contributed by atoms with van der Waals surface area (Å²) in [6.45, 7) is 2.19. The molecular formula is C17H17NO2. The molecule has 2 aromatic rings. The number of pyridine rings is 1. The van der Waals surface area contributed by atoms with E-state index in [4.69, 9.17) is 4.74 Å². The predicted molar refractivity (Wildman–Crippen MR) is 79.4 cm³/mol. The monoisotopic (exact) mass is 267 g/mol. The van der Waals surface area contributed by atoms with Gasteiger partial charge in [-0.2, -0.15) is 0 Å². The number of esters is 1. The van der Waals surface area contributed by atoms with Crippen molar-refractivity contribution in [1.82, 2.24) is 4.98 Å². The molecule has 1 saturated carbocycles. The highest BCUT2D eigenvalue weighted by atomic mass is 16.5. The maximum atomic E-state index is 11.3. The van der Waals surface area contributed by atoms with E-state index in [1.807, 2.05) is 18.3 Å². The largest absolute Gasteiger partial charge is 0.463 e. The van der Waals surface area contributed by atoms with Gasteiger partial charge in [-0.3, -0.25) is 4.98 Å². The molecule has 0 bridgehead atoms. The summed E-state index contributed by atoms with van der Waals surface area (Å²) in [5.74, 6) is 0.403. The van der Waals surface area contributed by atoms with Crippen LogP contribution in [0.3, 0.4) is 0 Å². The van der Waals surface area contributed by atoms with Crippen LogP contribution in [0.4, 0.5) is 0 Å². The normalized spacial score (nSPS) is 14.8. The number of fused-ring (bicyclic) bond motifs is 1. The second-order valence-corrected chi connectivity index (χ2v) is 5.08. The zero-order valence-corrected chi connectivity index (χ0v) is 11.5. The maximum Gasteiger partial charge on any atom is 0.330 e. The van der Waals surface area contributed by atoms with E-state index in [1.165, 1.54) is 24.5 Å². The fourth-order valence-corrected chi connectivity index (χ4v) is 2.25. The lowest BCUT2D eigenvalue weighted by Gasteiger charge is -2.02. The minimum Gasteiger partial charge on any atom is -0.463 e.